The van der Waals surface area contributed by atoms with E-state index < -0.39 is 0 Å². The Morgan fingerprint density at radius 3 is 2.63 bits per heavy atom. The van der Waals surface area contributed by atoms with Crippen molar-refractivity contribution < 1.29 is 0 Å². The number of nitrogens with zero attached hydrogens (tertiary/aromatic N) is 1. The van der Waals surface area contributed by atoms with Crippen LogP contribution in [0.25, 0.3) is 0 Å². The summed E-state index contributed by atoms with van der Waals surface area (Å²) in [6.45, 7) is 13.7. The molecule has 110 valence electrons. The van der Waals surface area contributed by atoms with Crippen LogP contribution in [0.5, 0.6) is 0 Å². The predicted molar refractivity (Wildman–Crippen MR) is 81.3 cm³/mol. The average molecular weight is 264 g/mol. The zero-order valence-corrected chi connectivity index (χ0v) is 13.3. The number of likely N-dealkylation sites (tertiary alicyclic amines) is 1. The summed E-state index contributed by atoms with van der Waals surface area (Å²) in [5.74, 6) is 0.977. The first-order chi connectivity index (χ1) is 8.97. The summed E-state index contributed by atoms with van der Waals surface area (Å²) in [4.78, 5) is 2.84. The first-order valence-electron chi connectivity index (χ1n) is 8.45. The van der Waals surface area contributed by atoms with Crippen LogP contribution in [-0.2, 0) is 0 Å². The van der Waals surface area contributed by atoms with Crippen molar-refractivity contribution >= 4 is 0 Å². The maximum Gasteiger partial charge on any atom is 0.0207 e. The molecule has 2 saturated carbocycles. The molecule has 1 aliphatic heterocycles. The lowest BCUT2D eigenvalue weighted by Gasteiger charge is -2.48. The van der Waals surface area contributed by atoms with E-state index in [0.717, 1.165) is 18.0 Å². The zero-order valence-electron chi connectivity index (χ0n) is 13.3. The second kappa shape index (κ2) is 4.73. The van der Waals surface area contributed by atoms with Gasteiger partial charge in [0.15, 0.2) is 0 Å². The third-order valence-corrected chi connectivity index (χ3v) is 6.46. The van der Waals surface area contributed by atoms with Crippen molar-refractivity contribution in [2.45, 2.75) is 71.9 Å². The van der Waals surface area contributed by atoms with Crippen LogP contribution in [0.2, 0.25) is 0 Å². The van der Waals surface area contributed by atoms with Gasteiger partial charge in [0.25, 0.3) is 0 Å². The van der Waals surface area contributed by atoms with E-state index in [0.29, 0.717) is 10.8 Å². The first kappa shape index (κ1) is 13.9. The van der Waals surface area contributed by atoms with E-state index in [1.807, 2.05) is 0 Å². The lowest BCUT2D eigenvalue weighted by atomic mass is 9.68. The molecule has 2 bridgehead atoms. The molecule has 0 amide bonds. The van der Waals surface area contributed by atoms with Crippen molar-refractivity contribution in [2.24, 2.45) is 16.7 Å². The van der Waals surface area contributed by atoms with E-state index in [-0.39, 0.29) is 0 Å². The van der Waals surface area contributed by atoms with Gasteiger partial charge in [-0.25, -0.2) is 0 Å². The minimum Gasteiger partial charge on any atom is -0.313 e. The Hall–Kier alpha value is -0.0800. The van der Waals surface area contributed by atoms with E-state index in [4.69, 9.17) is 0 Å². The van der Waals surface area contributed by atoms with Crippen molar-refractivity contribution in [3.8, 4) is 0 Å². The van der Waals surface area contributed by atoms with Gasteiger partial charge in [0.1, 0.15) is 0 Å². The van der Waals surface area contributed by atoms with Crippen molar-refractivity contribution in [3.63, 3.8) is 0 Å². The Bertz CT molecular complexity index is 333. The standard InChI is InChI=1S/C17H32N2/c1-5-9-18-14-7-10-19(12-14)15-16(2,3)13-6-8-17(15,4)11-13/h13-15,18H,5-12H2,1-4H3. The van der Waals surface area contributed by atoms with Crippen LogP contribution in [0, 0.1) is 16.7 Å². The van der Waals surface area contributed by atoms with Crippen molar-refractivity contribution in [1.82, 2.24) is 10.2 Å². The molecule has 0 radical (unpaired) electrons. The molecular formula is C17H32N2. The highest BCUT2D eigenvalue weighted by Gasteiger charge is 2.61. The fourth-order valence-electron chi connectivity index (χ4n) is 5.72. The van der Waals surface area contributed by atoms with Crippen LogP contribution < -0.4 is 5.32 Å². The van der Waals surface area contributed by atoms with Crippen LogP contribution in [0.4, 0.5) is 0 Å². The summed E-state index contributed by atoms with van der Waals surface area (Å²) in [5.41, 5.74) is 1.14. The van der Waals surface area contributed by atoms with Crippen LogP contribution in [0.15, 0.2) is 0 Å². The Kier molecular flexibility index (Phi) is 3.46. The molecule has 19 heavy (non-hydrogen) atoms. The molecule has 3 fully saturated rings. The van der Waals surface area contributed by atoms with E-state index in [9.17, 15) is 0 Å². The average Bonchev–Trinajstić information content (AvgIpc) is 2.98. The van der Waals surface area contributed by atoms with Crippen molar-refractivity contribution in [3.05, 3.63) is 0 Å². The van der Waals surface area contributed by atoms with Gasteiger partial charge < -0.3 is 5.32 Å². The van der Waals surface area contributed by atoms with Gasteiger partial charge in [0.05, 0.1) is 0 Å². The lowest BCUT2D eigenvalue weighted by Crippen LogP contribution is -2.52. The maximum atomic E-state index is 3.73. The van der Waals surface area contributed by atoms with Crippen molar-refractivity contribution in [1.29, 1.82) is 0 Å². The summed E-state index contributed by atoms with van der Waals surface area (Å²) >= 11 is 0. The van der Waals surface area contributed by atoms with Gasteiger partial charge in [-0.2, -0.15) is 0 Å². The molecule has 1 N–H and O–H groups in total. The van der Waals surface area contributed by atoms with Gasteiger partial charge in [0.2, 0.25) is 0 Å². The molecule has 2 nitrogen and oxygen atoms in total. The smallest absolute Gasteiger partial charge is 0.0207 e. The molecule has 1 heterocycles. The van der Waals surface area contributed by atoms with Gasteiger partial charge in [-0.3, -0.25) is 4.90 Å². The quantitative estimate of drug-likeness (QED) is 0.838. The monoisotopic (exact) mass is 264 g/mol. The van der Waals surface area contributed by atoms with Gasteiger partial charge in [0, 0.05) is 25.2 Å². The van der Waals surface area contributed by atoms with E-state index in [1.54, 1.807) is 0 Å². The summed E-state index contributed by atoms with van der Waals surface area (Å²) in [6.07, 6.45) is 7.04. The molecule has 0 aromatic carbocycles. The van der Waals surface area contributed by atoms with Crippen LogP contribution in [0.1, 0.15) is 59.8 Å². The van der Waals surface area contributed by atoms with Crippen LogP contribution >= 0.6 is 0 Å². The van der Waals surface area contributed by atoms with Gasteiger partial charge in [-0.1, -0.05) is 27.7 Å². The van der Waals surface area contributed by atoms with E-state index >= 15 is 0 Å². The fourth-order valence-corrected chi connectivity index (χ4v) is 5.72. The molecular weight excluding hydrogens is 232 g/mol. The number of hydrogen-bond acceptors (Lipinski definition) is 2. The molecule has 1 saturated heterocycles. The Morgan fingerprint density at radius 1 is 1.21 bits per heavy atom. The third kappa shape index (κ3) is 2.15. The Labute approximate surface area is 119 Å². The number of hydrogen-bond donors (Lipinski definition) is 1. The Balaban J connectivity index is 1.69. The molecule has 0 aromatic heterocycles. The Morgan fingerprint density at radius 2 is 2.00 bits per heavy atom. The predicted octanol–water partition coefficient (Wildman–Crippen LogP) is 3.28. The van der Waals surface area contributed by atoms with Crippen LogP contribution in [0.3, 0.4) is 0 Å². The number of rotatable bonds is 4. The molecule has 3 rings (SSSR count). The van der Waals surface area contributed by atoms with Gasteiger partial charge >= 0.3 is 0 Å². The number of nitrogens with one attached hydrogen (secondary N) is 1. The lowest BCUT2D eigenvalue weighted by molar-refractivity contribution is 0.0168. The second-order valence-electron chi connectivity index (χ2n) is 8.25. The maximum absolute atomic E-state index is 3.73. The fraction of sp³-hybridized carbons (Fsp3) is 1.00. The van der Waals surface area contributed by atoms with E-state index in [1.165, 1.54) is 51.7 Å². The minimum absolute atomic E-state index is 0.534. The highest BCUT2D eigenvalue weighted by molar-refractivity contribution is 5.13. The highest BCUT2D eigenvalue weighted by Crippen LogP contribution is 2.64. The minimum atomic E-state index is 0.534. The summed E-state index contributed by atoms with van der Waals surface area (Å²) < 4.78 is 0. The summed E-state index contributed by atoms with van der Waals surface area (Å²) in [6, 6.07) is 1.57. The summed E-state index contributed by atoms with van der Waals surface area (Å²) in [7, 11) is 0. The van der Waals surface area contributed by atoms with E-state index in [2.05, 4.69) is 37.9 Å². The normalized spacial score (nSPS) is 45.2. The van der Waals surface area contributed by atoms with Crippen molar-refractivity contribution in [2.75, 3.05) is 19.6 Å². The largest absolute Gasteiger partial charge is 0.313 e. The molecule has 4 unspecified atom stereocenters. The van der Waals surface area contributed by atoms with Gasteiger partial charge in [-0.15, -0.1) is 0 Å². The first-order valence-corrected chi connectivity index (χ1v) is 8.45. The molecule has 4 atom stereocenters. The van der Waals surface area contributed by atoms with Crippen LogP contribution in [-0.4, -0.2) is 36.6 Å². The molecule has 0 spiro atoms. The third-order valence-electron chi connectivity index (χ3n) is 6.46. The summed E-state index contributed by atoms with van der Waals surface area (Å²) in [5, 5.41) is 3.73. The topological polar surface area (TPSA) is 15.3 Å². The number of fused-ring (bicyclic) bond motifs is 2. The molecule has 0 aromatic rings. The van der Waals surface area contributed by atoms with Gasteiger partial charge in [-0.05, 0) is 55.4 Å². The zero-order chi connectivity index (χ0) is 13.7. The highest BCUT2D eigenvalue weighted by atomic mass is 15.2. The molecule has 2 heteroatoms. The molecule has 2 aliphatic carbocycles. The SMILES string of the molecule is CCCNC1CCN(C2C3(C)CCC(C3)C2(C)C)C1. The second-order valence-corrected chi connectivity index (χ2v) is 8.25. The molecule has 3 aliphatic rings.